The average Bonchev–Trinajstić information content (AvgIpc) is 3.14. The molecule has 1 aliphatic rings. The summed E-state index contributed by atoms with van der Waals surface area (Å²) >= 11 is 0. The van der Waals surface area contributed by atoms with Crippen molar-refractivity contribution < 1.29 is 58.0 Å². The van der Waals surface area contributed by atoms with Crippen molar-refractivity contribution in [1.82, 2.24) is 0 Å². The lowest BCUT2D eigenvalue weighted by molar-refractivity contribution is -0.199. The molecule has 0 radical (unpaired) electrons. The van der Waals surface area contributed by atoms with E-state index in [1.54, 1.807) is 12.2 Å². The summed E-state index contributed by atoms with van der Waals surface area (Å²) in [5.41, 5.74) is 0. The molecule has 13 heteroatoms. The summed E-state index contributed by atoms with van der Waals surface area (Å²) in [6, 6.07) is 0. The number of esters is 2. The van der Waals surface area contributed by atoms with Gasteiger partial charge in [0.05, 0.1) is 24.9 Å². The van der Waals surface area contributed by atoms with Gasteiger partial charge in [0.1, 0.15) is 6.61 Å². The largest absolute Gasteiger partial charge is 0.469 e. The van der Waals surface area contributed by atoms with E-state index >= 15 is 0 Å². The monoisotopic (exact) mass is 812 g/mol. The van der Waals surface area contributed by atoms with Crippen molar-refractivity contribution in [2.45, 2.75) is 179 Å². The lowest BCUT2D eigenvalue weighted by Crippen LogP contribution is -2.43. The van der Waals surface area contributed by atoms with Gasteiger partial charge in [0.25, 0.3) is 0 Å². The number of ether oxygens (including phenoxy) is 3. The van der Waals surface area contributed by atoms with Gasteiger partial charge >= 0.3 is 19.8 Å². The van der Waals surface area contributed by atoms with Crippen molar-refractivity contribution in [2.75, 3.05) is 13.2 Å². The third kappa shape index (κ3) is 29.8. The molecule has 0 amide bonds. The number of carbonyl (C=O) groups is 2. The molecule has 1 fully saturated rings. The molecule has 1 rings (SSSR count). The third-order valence-corrected chi connectivity index (χ3v) is 9.79. The van der Waals surface area contributed by atoms with E-state index in [1.807, 2.05) is 24.3 Å². The Morgan fingerprint density at radius 1 is 0.750 bits per heavy atom. The van der Waals surface area contributed by atoms with Gasteiger partial charge in [0.2, 0.25) is 0 Å². The summed E-state index contributed by atoms with van der Waals surface area (Å²) in [5, 5.41) is 30.8. The van der Waals surface area contributed by atoms with E-state index in [1.165, 1.54) is 38.5 Å². The number of aliphatic hydroxyl groups excluding tert-OH is 3. The molecule has 322 valence electrons. The quantitative estimate of drug-likeness (QED) is 0.0184. The normalized spacial score (nSPS) is 20.6. The van der Waals surface area contributed by atoms with E-state index in [0.29, 0.717) is 38.5 Å². The van der Waals surface area contributed by atoms with Gasteiger partial charge in [-0.2, -0.15) is 0 Å². The Morgan fingerprint density at radius 2 is 1.32 bits per heavy atom. The average molecular weight is 813 g/mol. The Balaban J connectivity index is 2.37. The molecule has 0 aromatic rings. The lowest BCUT2D eigenvalue weighted by Gasteiger charge is -2.36. The van der Waals surface area contributed by atoms with E-state index in [2.05, 4.69) is 42.7 Å². The van der Waals surface area contributed by atoms with E-state index in [0.717, 1.165) is 38.5 Å². The number of hydrogen-bond acceptors (Lipinski definition) is 10. The SMILES string of the molecule is CCCCCCCC/C=C\C/C=C\C/C=C\CCCC(=O)O[C@H](COC(=O)CCC/C=C\C[C@H]1[C@@H](O)CC(O)O[C@@H]1/C=C/[C@@H](O)CCCCC)COP(=O)(O)O. The Bertz CT molecular complexity index is 1210. The molecule has 1 unspecified atom stereocenters. The van der Waals surface area contributed by atoms with Crippen molar-refractivity contribution in [3.05, 3.63) is 60.8 Å². The fourth-order valence-electron chi connectivity index (χ4n) is 6.07. The number of rotatable bonds is 33. The lowest BCUT2D eigenvalue weighted by atomic mass is 9.87. The zero-order valence-electron chi connectivity index (χ0n) is 34.0. The molecule has 5 N–H and O–H groups in total. The van der Waals surface area contributed by atoms with Crippen LogP contribution in [0.25, 0.3) is 0 Å². The highest BCUT2D eigenvalue weighted by atomic mass is 31.2. The van der Waals surface area contributed by atoms with Crippen molar-refractivity contribution in [1.29, 1.82) is 0 Å². The van der Waals surface area contributed by atoms with Crippen LogP contribution < -0.4 is 0 Å². The van der Waals surface area contributed by atoms with Gasteiger partial charge in [-0.05, 0) is 64.2 Å². The molecule has 6 atom stereocenters. The highest BCUT2D eigenvalue weighted by Gasteiger charge is 2.35. The zero-order chi connectivity index (χ0) is 41.3. The maximum Gasteiger partial charge on any atom is 0.469 e. The van der Waals surface area contributed by atoms with Crippen LogP contribution >= 0.6 is 7.82 Å². The topological polar surface area (TPSA) is 189 Å². The molecule has 1 aliphatic heterocycles. The number of unbranched alkanes of at least 4 members (excludes halogenated alkanes) is 10. The van der Waals surface area contributed by atoms with Crippen molar-refractivity contribution in [3.63, 3.8) is 0 Å². The first-order valence-corrected chi connectivity index (χ1v) is 22.5. The number of aliphatic hydroxyl groups is 3. The molecule has 1 saturated heterocycles. The summed E-state index contributed by atoms with van der Waals surface area (Å²) in [5.74, 6) is -1.46. The van der Waals surface area contributed by atoms with Gasteiger partial charge in [-0.25, -0.2) is 4.57 Å². The number of phosphoric ester groups is 1. The first kappa shape index (κ1) is 51.6. The molecule has 0 aliphatic carbocycles. The Morgan fingerprint density at radius 3 is 1.98 bits per heavy atom. The number of allylic oxidation sites excluding steroid dienone is 8. The van der Waals surface area contributed by atoms with Crippen LogP contribution in [0.4, 0.5) is 0 Å². The third-order valence-electron chi connectivity index (χ3n) is 9.30. The van der Waals surface area contributed by atoms with Crippen molar-refractivity contribution >= 4 is 19.8 Å². The minimum absolute atomic E-state index is 0.0600. The van der Waals surface area contributed by atoms with Gasteiger partial charge in [0, 0.05) is 25.2 Å². The molecule has 0 aromatic heterocycles. The second kappa shape index (κ2) is 33.6. The molecule has 1 heterocycles. The van der Waals surface area contributed by atoms with E-state index in [4.69, 9.17) is 24.0 Å². The zero-order valence-corrected chi connectivity index (χ0v) is 34.9. The van der Waals surface area contributed by atoms with Crippen molar-refractivity contribution in [3.8, 4) is 0 Å². The van der Waals surface area contributed by atoms with E-state index < -0.39 is 63.7 Å². The number of carbonyl (C=O) groups excluding carboxylic acids is 2. The Labute approximate surface area is 336 Å². The summed E-state index contributed by atoms with van der Waals surface area (Å²) < 4.78 is 31.9. The minimum atomic E-state index is -4.84. The van der Waals surface area contributed by atoms with E-state index in [-0.39, 0.29) is 25.2 Å². The molecule has 0 aromatic carbocycles. The molecule has 0 saturated carbocycles. The van der Waals surface area contributed by atoms with E-state index in [9.17, 15) is 29.5 Å². The summed E-state index contributed by atoms with van der Waals surface area (Å²) in [6.45, 7) is 3.29. The summed E-state index contributed by atoms with van der Waals surface area (Å²) in [7, 11) is -4.84. The fraction of sp³-hybridized carbons (Fsp3) is 0.721. The Hall–Kier alpha value is -2.41. The molecule has 0 spiro atoms. The van der Waals surface area contributed by atoms with Crippen LogP contribution in [0.2, 0.25) is 0 Å². The van der Waals surface area contributed by atoms with Gasteiger partial charge in [-0.15, -0.1) is 0 Å². The smallest absolute Gasteiger partial charge is 0.462 e. The second-order valence-corrected chi connectivity index (χ2v) is 15.7. The first-order chi connectivity index (χ1) is 26.9. The van der Waals surface area contributed by atoms with Crippen LogP contribution in [0.3, 0.4) is 0 Å². The van der Waals surface area contributed by atoms with Gasteiger partial charge in [0.15, 0.2) is 12.4 Å². The summed E-state index contributed by atoms with van der Waals surface area (Å²) in [4.78, 5) is 43.0. The number of hydrogen-bond donors (Lipinski definition) is 5. The highest BCUT2D eigenvalue weighted by molar-refractivity contribution is 7.46. The fourth-order valence-corrected chi connectivity index (χ4v) is 6.43. The molecule has 0 bridgehead atoms. The summed E-state index contributed by atoms with van der Waals surface area (Å²) in [6.07, 6.45) is 32.8. The second-order valence-electron chi connectivity index (χ2n) is 14.5. The Kier molecular flexibility index (Phi) is 30.9. The molecule has 56 heavy (non-hydrogen) atoms. The molecular formula is C43H73O12P. The molecular weight excluding hydrogens is 739 g/mol. The number of phosphoric acid groups is 1. The maximum atomic E-state index is 12.4. The predicted molar refractivity (Wildman–Crippen MR) is 219 cm³/mol. The molecule has 12 nitrogen and oxygen atoms in total. The van der Waals surface area contributed by atoms with Gasteiger partial charge in [-0.3, -0.25) is 14.1 Å². The minimum Gasteiger partial charge on any atom is -0.462 e. The van der Waals surface area contributed by atoms with Crippen LogP contribution in [-0.4, -0.2) is 81.0 Å². The van der Waals surface area contributed by atoms with Crippen LogP contribution in [-0.2, 0) is 32.9 Å². The van der Waals surface area contributed by atoms with Crippen molar-refractivity contribution in [2.24, 2.45) is 5.92 Å². The van der Waals surface area contributed by atoms with Crippen LogP contribution in [0.15, 0.2) is 60.8 Å². The van der Waals surface area contributed by atoms with Crippen LogP contribution in [0, 0.1) is 5.92 Å². The maximum absolute atomic E-state index is 12.4. The standard InChI is InChI=1S/C43H73O12P/c1-3-5-7-8-9-10-11-12-13-14-15-16-17-18-19-20-26-30-42(47)54-37(35-53-56(49,50)51)34-52-41(46)29-25-22-21-24-28-38-39(45)33-43(48)55-40(38)32-31-36(44)27-23-6-4-2/h12-13,15-16,18-19,21,24,31-32,36-40,43-45,48H,3-11,14,17,20,22-23,25-30,33-35H2,1-2H3,(H2,49,50,51)/b13-12-,16-15-,19-18-,24-21-,32-31+/t36-,37+,38-,39-,40+,43?/m0/s1. The highest BCUT2D eigenvalue weighted by Crippen LogP contribution is 2.36. The van der Waals surface area contributed by atoms with Crippen LogP contribution in [0.1, 0.15) is 149 Å². The predicted octanol–water partition coefficient (Wildman–Crippen LogP) is 8.62. The van der Waals surface area contributed by atoms with Crippen LogP contribution in [0.5, 0.6) is 0 Å². The van der Waals surface area contributed by atoms with Gasteiger partial charge < -0.3 is 39.3 Å². The van der Waals surface area contributed by atoms with Gasteiger partial charge in [-0.1, -0.05) is 126 Å². The first-order valence-electron chi connectivity index (χ1n) is 21.0.